The maximum atomic E-state index is 12.9. The summed E-state index contributed by atoms with van der Waals surface area (Å²) >= 11 is 0. The molecule has 0 bridgehead atoms. The Hall–Kier alpha value is -2.73. The second-order valence-corrected chi connectivity index (χ2v) is 7.96. The number of fused-ring (bicyclic) bond motifs is 1. The van der Waals surface area contributed by atoms with Gasteiger partial charge in [-0.05, 0) is 51.4 Å². The monoisotopic (exact) mass is 409 g/mol. The van der Waals surface area contributed by atoms with Gasteiger partial charge in [-0.1, -0.05) is 24.6 Å². The minimum Gasteiger partial charge on any atom is -0.494 e. The van der Waals surface area contributed by atoms with Crippen molar-refractivity contribution in [2.24, 2.45) is 0 Å². The number of hydrogen-bond acceptors (Lipinski definition) is 4. The first kappa shape index (κ1) is 20.5. The second-order valence-electron chi connectivity index (χ2n) is 7.96. The summed E-state index contributed by atoms with van der Waals surface area (Å²) in [6, 6.07) is 13.7. The summed E-state index contributed by atoms with van der Waals surface area (Å²) in [5.41, 5.74) is 2.38. The van der Waals surface area contributed by atoms with Crippen LogP contribution in [0.15, 0.2) is 46.9 Å². The van der Waals surface area contributed by atoms with Gasteiger partial charge in [0, 0.05) is 31.8 Å². The van der Waals surface area contributed by atoms with Crippen LogP contribution in [0.2, 0.25) is 0 Å². The van der Waals surface area contributed by atoms with Crippen LogP contribution in [0.3, 0.4) is 0 Å². The lowest BCUT2D eigenvalue weighted by atomic mass is 10.1. The first-order chi connectivity index (χ1) is 14.7. The molecular formula is C24H31N3O3. The summed E-state index contributed by atoms with van der Waals surface area (Å²) in [5.74, 6) is 1.68. The molecule has 160 valence electrons. The number of ether oxygens (including phenoxy) is 1. The van der Waals surface area contributed by atoms with Crippen molar-refractivity contribution in [2.75, 3.05) is 32.8 Å². The number of rotatable bonds is 9. The van der Waals surface area contributed by atoms with Crippen molar-refractivity contribution < 1.29 is 13.9 Å². The third kappa shape index (κ3) is 5.05. The van der Waals surface area contributed by atoms with Crippen LogP contribution in [0, 0.1) is 6.92 Å². The van der Waals surface area contributed by atoms with E-state index in [4.69, 9.17) is 9.15 Å². The molecule has 2 aromatic heterocycles. The molecular weight excluding hydrogens is 378 g/mol. The number of amides is 1. The number of hydrogen-bond donors (Lipinski definition) is 1. The van der Waals surface area contributed by atoms with Gasteiger partial charge >= 0.3 is 0 Å². The minimum absolute atomic E-state index is 0.0416. The molecule has 6 nitrogen and oxygen atoms in total. The van der Waals surface area contributed by atoms with Gasteiger partial charge in [0.05, 0.1) is 12.1 Å². The first-order valence-corrected chi connectivity index (χ1v) is 11.0. The van der Waals surface area contributed by atoms with Crippen molar-refractivity contribution in [3.05, 3.63) is 53.9 Å². The Balaban J connectivity index is 1.36. The smallest absolute Gasteiger partial charge is 0.268 e. The molecule has 0 radical (unpaired) electrons. The van der Waals surface area contributed by atoms with E-state index in [-0.39, 0.29) is 5.91 Å². The number of aryl methyl sites for hydroxylation is 2. The molecule has 4 rings (SSSR count). The Morgan fingerprint density at radius 1 is 1.10 bits per heavy atom. The van der Waals surface area contributed by atoms with Crippen molar-refractivity contribution in [1.82, 2.24) is 14.8 Å². The number of aromatic nitrogens is 1. The van der Waals surface area contributed by atoms with Gasteiger partial charge in [-0.3, -0.25) is 4.79 Å². The van der Waals surface area contributed by atoms with Crippen LogP contribution in [-0.2, 0) is 6.54 Å². The van der Waals surface area contributed by atoms with E-state index in [2.05, 4.69) is 14.8 Å². The number of nitrogens with one attached hydrogen (secondary N) is 1. The number of carbonyl (C=O) groups excluding carboxylic acids is 1. The van der Waals surface area contributed by atoms with Gasteiger partial charge in [0.2, 0.25) is 0 Å². The fourth-order valence-corrected chi connectivity index (χ4v) is 4.12. The van der Waals surface area contributed by atoms with Crippen molar-refractivity contribution in [1.29, 1.82) is 0 Å². The fourth-order valence-electron chi connectivity index (χ4n) is 4.12. The van der Waals surface area contributed by atoms with Crippen LogP contribution in [0.1, 0.15) is 41.9 Å². The molecule has 3 heterocycles. The van der Waals surface area contributed by atoms with Gasteiger partial charge in [-0.15, -0.1) is 0 Å². The molecule has 1 aliphatic heterocycles. The SMILES string of the molecule is Cc1cc2c(cc(C(=O)NCCN3CCCCC3)n2CCCOc2ccccc2)o1. The summed E-state index contributed by atoms with van der Waals surface area (Å²) in [4.78, 5) is 15.3. The van der Waals surface area contributed by atoms with Crippen molar-refractivity contribution in [3.8, 4) is 5.75 Å². The Morgan fingerprint density at radius 2 is 1.90 bits per heavy atom. The van der Waals surface area contributed by atoms with E-state index in [0.717, 1.165) is 48.7 Å². The minimum atomic E-state index is -0.0416. The largest absolute Gasteiger partial charge is 0.494 e. The highest BCUT2D eigenvalue weighted by Crippen LogP contribution is 2.24. The average Bonchev–Trinajstić information content (AvgIpc) is 3.29. The number of piperidine rings is 1. The molecule has 0 aliphatic carbocycles. The Kier molecular flexibility index (Phi) is 6.74. The molecule has 0 saturated carbocycles. The van der Waals surface area contributed by atoms with Gasteiger partial charge in [0.25, 0.3) is 5.91 Å². The van der Waals surface area contributed by atoms with E-state index in [1.165, 1.54) is 19.3 Å². The van der Waals surface area contributed by atoms with Gasteiger partial charge in [0.1, 0.15) is 17.2 Å². The van der Waals surface area contributed by atoms with Crippen LogP contribution >= 0.6 is 0 Å². The third-order valence-corrected chi connectivity index (χ3v) is 5.65. The predicted octanol–water partition coefficient (Wildman–Crippen LogP) is 4.23. The highest BCUT2D eigenvalue weighted by Gasteiger charge is 2.18. The number of para-hydroxylation sites is 1. The van der Waals surface area contributed by atoms with Crippen LogP contribution < -0.4 is 10.1 Å². The van der Waals surface area contributed by atoms with Crippen LogP contribution in [-0.4, -0.2) is 48.2 Å². The summed E-state index contributed by atoms with van der Waals surface area (Å²) in [7, 11) is 0. The molecule has 0 spiro atoms. The van der Waals surface area contributed by atoms with Crippen LogP contribution in [0.4, 0.5) is 0 Å². The quantitative estimate of drug-likeness (QED) is 0.538. The summed E-state index contributed by atoms with van der Waals surface area (Å²) in [6.07, 6.45) is 4.65. The lowest BCUT2D eigenvalue weighted by molar-refractivity contribution is 0.0937. The fraction of sp³-hybridized carbons (Fsp3) is 0.458. The Bertz CT molecular complexity index is 955. The Morgan fingerprint density at radius 3 is 2.70 bits per heavy atom. The number of carbonyl (C=O) groups is 1. The lowest BCUT2D eigenvalue weighted by Gasteiger charge is -2.26. The number of furan rings is 1. The third-order valence-electron chi connectivity index (χ3n) is 5.65. The zero-order chi connectivity index (χ0) is 20.8. The maximum Gasteiger partial charge on any atom is 0.268 e. The van der Waals surface area contributed by atoms with Crippen molar-refractivity contribution in [3.63, 3.8) is 0 Å². The normalized spacial score (nSPS) is 14.8. The number of nitrogens with zero attached hydrogens (tertiary/aromatic N) is 2. The molecule has 1 fully saturated rings. The zero-order valence-electron chi connectivity index (χ0n) is 17.7. The molecule has 0 unspecified atom stereocenters. The molecule has 1 aromatic carbocycles. The van der Waals surface area contributed by atoms with E-state index in [1.807, 2.05) is 49.4 Å². The van der Waals surface area contributed by atoms with Gasteiger partial charge in [-0.2, -0.15) is 0 Å². The standard InChI is InChI=1S/C24H31N3O3/c1-19-17-21-23(30-19)18-22(24(28)25-11-15-26-12-6-3-7-13-26)27(21)14-8-16-29-20-9-4-2-5-10-20/h2,4-5,9-10,17-18H,3,6-8,11-16H2,1H3,(H,25,28). The highest BCUT2D eigenvalue weighted by atomic mass is 16.5. The molecule has 1 aliphatic rings. The molecule has 0 atom stereocenters. The van der Waals surface area contributed by atoms with E-state index < -0.39 is 0 Å². The first-order valence-electron chi connectivity index (χ1n) is 11.0. The van der Waals surface area contributed by atoms with E-state index in [0.29, 0.717) is 25.4 Å². The van der Waals surface area contributed by atoms with Gasteiger partial charge in [-0.25, -0.2) is 0 Å². The van der Waals surface area contributed by atoms with E-state index in [1.54, 1.807) is 0 Å². The van der Waals surface area contributed by atoms with Crippen LogP contribution in [0.5, 0.6) is 5.75 Å². The molecule has 1 saturated heterocycles. The molecule has 1 N–H and O–H groups in total. The summed E-state index contributed by atoms with van der Waals surface area (Å²) in [6.45, 7) is 7.08. The second kappa shape index (κ2) is 9.85. The molecule has 1 amide bonds. The van der Waals surface area contributed by atoms with Crippen LogP contribution in [0.25, 0.3) is 11.1 Å². The maximum absolute atomic E-state index is 12.9. The van der Waals surface area contributed by atoms with E-state index in [9.17, 15) is 4.79 Å². The van der Waals surface area contributed by atoms with E-state index >= 15 is 0 Å². The topological polar surface area (TPSA) is 59.6 Å². The highest BCUT2D eigenvalue weighted by molar-refractivity contribution is 5.97. The molecule has 30 heavy (non-hydrogen) atoms. The zero-order valence-corrected chi connectivity index (χ0v) is 17.7. The van der Waals surface area contributed by atoms with Gasteiger partial charge in [0.15, 0.2) is 5.58 Å². The summed E-state index contributed by atoms with van der Waals surface area (Å²) < 4.78 is 13.6. The number of likely N-dealkylation sites (tertiary alicyclic amines) is 1. The van der Waals surface area contributed by atoms with Crippen molar-refractivity contribution >= 4 is 17.0 Å². The average molecular weight is 410 g/mol. The molecule has 6 heteroatoms. The molecule has 3 aromatic rings. The Labute approximate surface area is 177 Å². The lowest BCUT2D eigenvalue weighted by Crippen LogP contribution is -2.38. The van der Waals surface area contributed by atoms with Gasteiger partial charge < -0.3 is 23.9 Å². The van der Waals surface area contributed by atoms with Crippen molar-refractivity contribution in [2.45, 2.75) is 39.2 Å². The predicted molar refractivity (Wildman–Crippen MR) is 118 cm³/mol. The summed E-state index contributed by atoms with van der Waals surface area (Å²) in [5, 5.41) is 3.09. The number of benzene rings is 1.